The van der Waals surface area contributed by atoms with Gasteiger partial charge in [0.05, 0.1) is 12.1 Å². The molecule has 3 rings (SSSR count). The van der Waals surface area contributed by atoms with Crippen molar-refractivity contribution in [3.63, 3.8) is 0 Å². The molecule has 0 amide bonds. The van der Waals surface area contributed by atoms with Gasteiger partial charge in [-0.05, 0) is 31.5 Å². The van der Waals surface area contributed by atoms with Gasteiger partial charge in [0.1, 0.15) is 0 Å². The van der Waals surface area contributed by atoms with Gasteiger partial charge < -0.3 is 4.90 Å². The van der Waals surface area contributed by atoms with E-state index in [2.05, 4.69) is 10.00 Å². The molecule has 1 aromatic heterocycles. The van der Waals surface area contributed by atoms with Gasteiger partial charge in [-0.3, -0.25) is 14.6 Å². The van der Waals surface area contributed by atoms with Crippen LogP contribution in [0.3, 0.4) is 0 Å². The topological polar surface area (TPSA) is 41.0 Å². The first kappa shape index (κ1) is 19.8. The molecule has 1 fully saturated rings. The monoisotopic (exact) mass is 357 g/mol. The number of aromatic amines is 1. The van der Waals surface area contributed by atoms with Crippen LogP contribution in [0.25, 0.3) is 11.1 Å². The maximum atomic E-state index is 12.1. The van der Waals surface area contributed by atoms with Crippen LogP contribution in [0, 0.1) is 0 Å². The van der Waals surface area contributed by atoms with Crippen molar-refractivity contribution in [3.8, 4) is 11.1 Å². The fraction of sp³-hybridized carbons (Fsp3) is 0.471. The van der Waals surface area contributed by atoms with Gasteiger partial charge in [0.25, 0.3) is 5.56 Å². The molecule has 6 heteroatoms. The quantitative estimate of drug-likeness (QED) is 0.908. The number of benzene rings is 1. The summed E-state index contributed by atoms with van der Waals surface area (Å²) in [6, 6.07) is 9.84. The number of halogens is 2. The Bertz CT molecular complexity index is 616. The van der Waals surface area contributed by atoms with Gasteiger partial charge in [0.15, 0.2) is 0 Å². The van der Waals surface area contributed by atoms with Crippen LogP contribution in [0.2, 0.25) is 0 Å². The summed E-state index contributed by atoms with van der Waals surface area (Å²) in [5.74, 6) is 0. The van der Waals surface area contributed by atoms with E-state index in [9.17, 15) is 4.79 Å². The summed E-state index contributed by atoms with van der Waals surface area (Å²) >= 11 is 0. The van der Waals surface area contributed by atoms with Crippen LogP contribution >= 0.6 is 24.8 Å². The molecular formula is C17H25Cl2N3O. The van der Waals surface area contributed by atoms with Crippen LogP contribution in [0.15, 0.2) is 41.3 Å². The maximum absolute atomic E-state index is 12.1. The summed E-state index contributed by atoms with van der Waals surface area (Å²) in [6.07, 6.45) is 7.26. The number of rotatable bonds is 4. The molecule has 0 saturated carbocycles. The molecule has 0 spiro atoms. The molecule has 1 aliphatic rings. The second kappa shape index (κ2) is 9.81. The lowest BCUT2D eigenvalue weighted by Crippen LogP contribution is -2.28. The largest absolute Gasteiger partial charge is 0.302 e. The SMILES string of the molecule is Cl.Cl.O=c1[nH]n(CCN2CCCCCC2)cc1-c1ccccc1. The zero-order valence-electron chi connectivity index (χ0n) is 13.2. The molecule has 2 aromatic rings. The first-order valence-electron chi connectivity index (χ1n) is 7.90. The number of hydrogen-bond donors (Lipinski definition) is 1. The third-order valence-electron chi connectivity index (χ3n) is 4.22. The van der Waals surface area contributed by atoms with E-state index in [0.717, 1.165) is 24.2 Å². The van der Waals surface area contributed by atoms with Crippen LogP contribution in [0.5, 0.6) is 0 Å². The van der Waals surface area contributed by atoms with Crippen molar-refractivity contribution in [2.75, 3.05) is 19.6 Å². The van der Waals surface area contributed by atoms with Crippen LogP contribution in [0.4, 0.5) is 0 Å². The van der Waals surface area contributed by atoms with Crippen molar-refractivity contribution >= 4 is 24.8 Å². The Morgan fingerprint density at radius 2 is 1.57 bits per heavy atom. The highest BCUT2D eigenvalue weighted by Gasteiger charge is 2.10. The highest BCUT2D eigenvalue weighted by atomic mass is 35.5. The van der Waals surface area contributed by atoms with Gasteiger partial charge in [-0.1, -0.05) is 43.2 Å². The number of aromatic nitrogens is 2. The van der Waals surface area contributed by atoms with Gasteiger partial charge in [0.2, 0.25) is 0 Å². The Hall–Kier alpha value is -1.23. The summed E-state index contributed by atoms with van der Waals surface area (Å²) in [5.41, 5.74) is 1.73. The zero-order chi connectivity index (χ0) is 14.5. The summed E-state index contributed by atoms with van der Waals surface area (Å²) in [7, 11) is 0. The lowest BCUT2D eigenvalue weighted by atomic mass is 10.1. The average Bonchev–Trinajstić information content (AvgIpc) is 2.73. The van der Waals surface area contributed by atoms with Crippen molar-refractivity contribution < 1.29 is 0 Å². The third-order valence-corrected chi connectivity index (χ3v) is 4.22. The number of nitrogens with zero attached hydrogens (tertiary/aromatic N) is 2. The molecule has 0 radical (unpaired) electrons. The lowest BCUT2D eigenvalue weighted by Gasteiger charge is -2.19. The summed E-state index contributed by atoms with van der Waals surface area (Å²) in [4.78, 5) is 14.6. The van der Waals surface area contributed by atoms with Gasteiger partial charge in [-0.15, -0.1) is 24.8 Å². The maximum Gasteiger partial charge on any atom is 0.271 e. The number of H-pyrrole nitrogens is 1. The van der Waals surface area contributed by atoms with Crippen LogP contribution < -0.4 is 5.56 Å². The molecule has 0 atom stereocenters. The van der Waals surface area contributed by atoms with E-state index in [-0.39, 0.29) is 30.4 Å². The average molecular weight is 358 g/mol. The van der Waals surface area contributed by atoms with Crippen molar-refractivity contribution in [1.82, 2.24) is 14.7 Å². The minimum absolute atomic E-state index is 0. The molecule has 1 aromatic carbocycles. The summed E-state index contributed by atoms with van der Waals surface area (Å²) in [5, 5.41) is 2.93. The van der Waals surface area contributed by atoms with Crippen molar-refractivity contribution in [2.45, 2.75) is 32.2 Å². The second-order valence-corrected chi connectivity index (χ2v) is 5.80. The first-order chi connectivity index (χ1) is 10.3. The first-order valence-corrected chi connectivity index (χ1v) is 7.90. The van der Waals surface area contributed by atoms with E-state index >= 15 is 0 Å². The molecule has 128 valence electrons. The molecular weight excluding hydrogens is 333 g/mol. The molecule has 0 unspecified atom stereocenters. The Balaban J connectivity index is 0.00000132. The van der Waals surface area contributed by atoms with E-state index in [1.165, 1.54) is 38.8 Å². The number of nitrogens with one attached hydrogen (secondary N) is 1. The van der Waals surface area contributed by atoms with Crippen LogP contribution in [-0.4, -0.2) is 34.3 Å². The van der Waals surface area contributed by atoms with E-state index in [4.69, 9.17) is 0 Å². The summed E-state index contributed by atoms with van der Waals surface area (Å²) in [6.45, 7) is 4.25. The fourth-order valence-corrected chi connectivity index (χ4v) is 2.99. The molecule has 0 bridgehead atoms. The van der Waals surface area contributed by atoms with Crippen LogP contribution in [-0.2, 0) is 6.54 Å². The van der Waals surface area contributed by atoms with Crippen molar-refractivity contribution in [3.05, 3.63) is 46.9 Å². The lowest BCUT2D eigenvalue weighted by molar-refractivity contribution is 0.268. The van der Waals surface area contributed by atoms with Gasteiger partial charge >= 0.3 is 0 Å². The Kier molecular flexibility index (Phi) is 8.45. The molecule has 4 nitrogen and oxygen atoms in total. The molecule has 1 saturated heterocycles. The Morgan fingerprint density at radius 1 is 0.913 bits per heavy atom. The highest BCUT2D eigenvalue weighted by Crippen LogP contribution is 2.14. The van der Waals surface area contributed by atoms with Gasteiger partial charge in [-0.2, -0.15) is 0 Å². The molecule has 1 N–H and O–H groups in total. The van der Waals surface area contributed by atoms with E-state index in [1.807, 2.05) is 41.2 Å². The smallest absolute Gasteiger partial charge is 0.271 e. The number of likely N-dealkylation sites (tertiary alicyclic amines) is 1. The zero-order valence-corrected chi connectivity index (χ0v) is 14.9. The van der Waals surface area contributed by atoms with Gasteiger partial charge in [-0.25, -0.2) is 0 Å². The van der Waals surface area contributed by atoms with Crippen molar-refractivity contribution in [1.29, 1.82) is 0 Å². The molecule has 23 heavy (non-hydrogen) atoms. The molecule has 2 heterocycles. The van der Waals surface area contributed by atoms with Gasteiger partial charge in [0, 0.05) is 12.7 Å². The minimum Gasteiger partial charge on any atom is -0.302 e. The minimum atomic E-state index is -0.00272. The predicted octanol–water partition coefficient (Wildman–Crippen LogP) is 3.56. The molecule has 0 aliphatic carbocycles. The van der Waals surface area contributed by atoms with Crippen LogP contribution in [0.1, 0.15) is 25.7 Å². The van der Waals surface area contributed by atoms with Crippen molar-refractivity contribution in [2.24, 2.45) is 0 Å². The van der Waals surface area contributed by atoms with E-state index in [1.54, 1.807) is 0 Å². The second-order valence-electron chi connectivity index (χ2n) is 5.80. The number of hydrogen-bond acceptors (Lipinski definition) is 2. The third kappa shape index (κ3) is 5.41. The Morgan fingerprint density at radius 3 is 2.22 bits per heavy atom. The standard InChI is InChI=1S/C17H23N3O.2ClH/c21-17-16(15-8-4-3-5-9-15)14-20(18-17)13-12-19-10-6-1-2-7-11-19;;/h3-5,8-9,14H,1-2,6-7,10-13H2,(H,18,21);2*1H. The predicted molar refractivity (Wildman–Crippen MR) is 99.9 cm³/mol. The highest BCUT2D eigenvalue weighted by molar-refractivity contribution is 5.85. The Labute approximate surface area is 149 Å². The fourth-order valence-electron chi connectivity index (χ4n) is 2.99. The van der Waals surface area contributed by atoms with E-state index in [0.29, 0.717) is 0 Å². The van der Waals surface area contributed by atoms with E-state index < -0.39 is 0 Å². The summed E-state index contributed by atoms with van der Waals surface area (Å²) < 4.78 is 1.93. The normalized spacial score (nSPS) is 15.3. The molecule has 1 aliphatic heterocycles.